The highest BCUT2D eigenvalue weighted by atomic mass is 16.5. The van der Waals surface area contributed by atoms with Crippen molar-refractivity contribution >= 4 is 5.91 Å². The number of rotatable bonds is 5. The Morgan fingerprint density at radius 3 is 3.20 bits per heavy atom. The van der Waals surface area contributed by atoms with Gasteiger partial charge in [-0.2, -0.15) is 0 Å². The predicted molar refractivity (Wildman–Crippen MR) is 77.6 cm³/mol. The van der Waals surface area contributed by atoms with Crippen LogP contribution in [0.3, 0.4) is 0 Å². The van der Waals surface area contributed by atoms with Crippen LogP contribution >= 0.6 is 0 Å². The first-order valence-corrected chi connectivity index (χ1v) is 6.98. The topological polar surface area (TPSA) is 58.6 Å². The second-order valence-corrected chi connectivity index (χ2v) is 5.06. The van der Waals surface area contributed by atoms with Crippen molar-refractivity contribution in [1.82, 2.24) is 5.32 Å². The highest BCUT2D eigenvalue weighted by Gasteiger charge is 2.19. The lowest BCUT2D eigenvalue weighted by Crippen LogP contribution is -2.36. The van der Waals surface area contributed by atoms with Gasteiger partial charge in [0, 0.05) is 6.54 Å². The number of fused-ring (bicyclic) bond motifs is 1. The van der Waals surface area contributed by atoms with Crippen LogP contribution in [0.2, 0.25) is 0 Å². The summed E-state index contributed by atoms with van der Waals surface area (Å²) < 4.78 is 5.65. The third kappa shape index (κ3) is 3.39. The lowest BCUT2D eigenvalue weighted by molar-refractivity contribution is -0.127. The summed E-state index contributed by atoms with van der Waals surface area (Å²) in [6.07, 6.45) is 3.44. The van der Waals surface area contributed by atoms with Gasteiger partial charge in [0.05, 0.1) is 6.10 Å². The van der Waals surface area contributed by atoms with Crippen LogP contribution in [0.5, 0.6) is 5.75 Å². The van der Waals surface area contributed by atoms with Crippen LogP contribution in [-0.4, -0.2) is 23.7 Å². The van der Waals surface area contributed by atoms with Crippen molar-refractivity contribution in [2.75, 3.05) is 6.54 Å². The highest BCUT2D eigenvalue weighted by molar-refractivity contribution is 5.80. The summed E-state index contributed by atoms with van der Waals surface area (Å²) in [5.41, 5.74) is 2.09. The minimum Gasteiger partial charge on any atom is -0.481 e. The Morgan fingerprint density at radius 2 is 2.45 bits per heavy atom. The van der Waals surface area contributed by atoms with E-state index in [2.05, 4.69) is 11.9 Å². The summed E-state index contributed by atoms with van der Waals surface area (Å²) in [6, 6.07) is 5.63. The summed E-state index contributed by atoms with van der Waals surface area (Å²) in [6.45, 7) is 5.70. The summed E-state index contributed by atoms with van der Waals surface area (Å²) >= 11 is 0. The number of hydrogen-bond acceptors (Lipinski definition) is 3. The van der Waals surface area contributed by atoms with Crippen molar-refractivity contribution < 1.29 is 14.6 Å². The average Bonchev–Trinajstić information content (AvgIpc) is 2.44. The molecule has 0 bridgehead atoms. The van der Waals surface area contributed by atoms with E-state index in [-0.39, 0.29) is 12.0 Å². The van der Waals surface area contributed by atoms with Gasteiger partial charge in [0.1, 0.15) is 5.75 Å². The molecule has 0 heterocycles. The number of hydrogen-bond donors (Lipinski definition) is 2. The number of benzene rings is 1. The fourth-order valence-corrected chi connectivity index (χ4v) is 2.41. The number of aliphatic hydroxyl groups is 1. The molecule has 1 aliphatic carbocycles. The first-order valence-electron chi connectivity index (χ1n) is 6.98. The lowest BCUT2D eigenvalue weighted by atomic mass is 9.89. The normalized spacial score (nSPS) is 18.8. The molecular weight excluding hydrogens is 254 g/mol. The summed E-state index contributed by atoms with van der Waals surface area (Å²) in [5, 5.41) is 12.6. The van der Waals surface area contributed by atoms with Gasteiger partial charge < -0.3 is 15.2 Å². The molecule has 0 fully saturated rings. The quantitative estimate of drug-likeness (QED) is 0.809. The van der Waals surface area contributed by atoms with Crippen LogP contribution in [0.25, 0.3) is 0 Å². The van der Waals surface area contributed by atoms with E-state index < -0.39 is 6.10 Å². The average molecular weight is 275 g/mol. The third-order valence-corrected chi connectivity index (χ3v) is 3.50. The number of ether oxygens (including phenoxy) is 1. The SMILES string of the molecule is C=CCNC(=O)C(C)Oc1ccc2c(c1)CCCC2O. The Balaban J connectivity index is 2.03. The molecule has 1 aromatic carbocycles. The number of nitrogens with one attached hydrogen (secondary N) is 1. The molecule has 1 amide bonds. The molecule has 0 saturated carbocycles. The Morgan fingerprint density at radius 1 is 1.65 bits per heavy atom. The van der Waals surface area contributed by atoms with Gasteiger partial charge in [-0.3, -0.25) is 4.79 Å². The van der Waals surface area contributed by atoms with E-state index in [0.717, 1.165) is 30.4 Å². The standard InChI is InChI=1S/C16H21NO3/c1-3-9-17-16(19)11(2)20-13-7-8-14-12(10-13)5-4-6-15(14)18/h3,7-8,10-11,15,18H,1,4-6,9H2,2H3,(H,17,19). The van der Waals surface area contributed by atoms with Gasteiger partial charge in [-0.05, 0) is 49.4 Å². The molecule has 2 atom stereocenters. The van der Waals surface area contributed by atoms with Crippen molar-refractivity contribution in [2.45, 2.75) is 38.4 Å². The van der Waals surface area contributed by atoms with Gasteiger partial charge in [-0.1, -0.05) is 12.1 Å². The second-order valence-electron chi connectivity index (χ2n) is 5.06. The van der Waals surface area contributed by atoms with Crippen LogP contribution in [0.15, 0.2) is 30.9 Å². The second kappa shape index (κ2) is 6.57. The molecule has 2 unspecified atom stereocenters. The molecule has 1 aromatic rings. The van der Waals surface area contributed by atoms with E-state index in [1.165, 1.54) is 0 Å². The van der Waals surface area contributed by atoms with Crippen LogP contribution in [-0.2, 0) is 11.2 Å². The molecule has 0 aromatic heterocycles. The minimum absolute atomic E-state index is 0.164. The van der Waals surface area contributed by atoms with E-state index in [1.54, 1.807) is 13.0 Å². The van der Waals surface area contributed by atoms with Gasteiger partial charge in [-0.15, -0.1) is 6.58 Å². The van der Waals surface area contributed by atoms with Gasteiger partial charge in [0.25, 0.3) is 5.91 Å². The maximum Gasteiger partial charge on any atom is 0.261 e. The van der Waals surface area contributed by atoms with Gasteiger partial charge in [-0.25, -0.2) is 0 Å². The van der Waals surface area contributed by atoms with E-state index in [9.17, 15) is 9.90 Å². The number of carbonyl (C=O) groups is 1. The molecule has 0 aliphatic heterocycles. The highest BCUT2D eigenvalue weighted by Crippen LogP contribution is 2.32. The molecule has 0 saturated heterocycles. The molecule has 1 aliphatic rings. The molecule has 0 spiro atoms. The van der Waals surface area contributed by atoms with Crippen molar-refractivity contribution in [3.05, 3.63) is 42.0 Å². The fraction of sp³-hybridized carbons (Fsp3) is 0.438. The number of carbonyl (C=O) groups excluding carboxylic acids is 1. The number of amides is 1. The smallest absolute Gasteiger partial charge is 0.261 e. The summed E-state index contributed by atoms with van der Waals surface area (Å²) in [5.74, 6) is 0.502. The van der Waals surface area contributed by atoms with Crippen molar-refractivity contribution in [3.8, 4) is 5.75 Å². The van der Waals surface area contributed by atoms with E-state index in [0.29, 0.717) is 12.3 Å². The number of aryl methyl sites for hydroxylation is 1. The zero-order valence-corrected chi connectivity index (χ0v) is 11.8. The molecule has 20 heavy (non-hydrogen) atoms. The molecular formula is C16H21NO3. The Labute approximate surface area is 119 Å². The largest absolute Gasteiger partial charge is 0.481 e. The Kier molecular flexibility index (Phi) is 4.79. The fourth-order valence-electron chi connectivity index (χ4n) is 2.41. The zero-order valence-electron chi connectivity index (χ0n) is 11.8. The van der Waals surface area contributed by atoms with Gasteiger partial charge in [0.15, 0.2) is 6.10 Å². The van der Waals surface area contributed by atoms with E-state index in [4.69, 9.17) is 4.74 Å². The van der Waals surface area contributed by atoms with E-state index >= 15 is 0 Å². The van der Waals surface area contributed by atoms with Crippen LogP contribution in [0.1, 0.15) is 37.0 Å². The third-order valence-electron chi connectivity index (χ3n) is 3.50. The zero-order chi connectivity index (χ0) is 14.5. The Hall–Kier alpha value is -1.81. The van der Waals surface area contributed by atoms with Crippen molar-refractivity contribution in [1.29, 1.82) is 0 Å². The van der Waals surface area contributed by atoms with Crippen molar-refractivity contribution in [3.63, 3.8) is 0 Å². The number of aliphatic hydroxyl groups excluding tert-OH is 1. The monoisotopic (exact) mass is 275 g/mol. The van der Waals surface area contributed by atoms with Crippen LogP contribution < -0.4 is 10.1 Å². The van der Waals surface area contributed by atoms with Crippen LogP contribution in [0.4, 0.5) is 0 Å². The first kappa shape index (κ1) is 14.6. The molecule has 108 valence electrons. The minimum atomic E-state index is -0.554. The van der Waals surface area contributed by atoms with Crippen LogP contribution in [0, 0.1) is 0 Å². The first-order chi connectivity index (χ1) is 9.61. The van der Waals surface area contributed by atoms with E-state index in [1.807, 2.05) is 18.2 Å². The molecule has 4 heteroatoms. The lowest BCUT2D eigenvalue weighted by Gasteiger charge is -2.22. The maximum atomic E-state index is 11.7. The molecule has 2 rings (SSSR count). The van der Waals surface area contributed by atoms with Gasteiger partial charge >= 0.3 is 0 Å². The summed E-state index contributed by atoms with van der Waals surface area (Å²) in [7, 11) is 0. The van der Waals surface area contributed by atoms with Crippen molar-refractivity contribution in [2.24, 2.45) is 0 Å². The Bertz CT molecular complexity index is 498. The summed E-state index contributed by atoms with van der Waals surface area (Å²) in [4.78, 5) is 11.7. The predicted octanol–water partition coefficient (Wildman–Crippen LogP) is 2.13. The molecule has 0 radical (unpaired) electrons. The molecule has 2 N–H and O–H groups in total. The maximum absolute atomic E-state index is 11.7. The van der Waals surface area contributed by atoms with Gasteiger partial charge in [0.2, 0.25) is 0 Å². The molecule has 4 nitrogen and oxygen atoms in total.